The fraction of sp³-hybridized carbons (Fsp3) is 0.875. The molecule has 0 unspecified atom stereocenters. The van der Waals surface area contributed by atoms with Crippen LogP contribution in [0, 0.1) is 11.3 Å². The van der Waals surface area contributed by atoms with Gasteiger partial charge in [0, 0.05) is 17.7 Å². The molecular formula is C16H33N. The van der Waals surface area contributed by atoms with E-state index >= 15 is 0 Å². The molecule has 0 fully saturated rings. The van der Waals surface area contributed by atoms with Crippen molar-refractivity contribution >= 4 is 0 Å². The standard InChI is InChI=1S/C16H33N/c1-14(2)12-10-8-7-9-11-13-17-15(3)16(4,5)6/h14,17H,3,7-13H2,1-2,4-6H3. The highest BCUT2D eigenvalue weighted by Crippen LogP contribution is 2.20. The predicted molar refractivity (Wildman–Crippen MR) is 79.1 cm³/mol. The maximum absolute atomic E-state index is 4.08. The van der Waals surface area contributed by atoms with E-state index in [2.05, 4.69) is 46.5 Å². The Morgan fingerprint density at radius 3 is 2.06 bits per heavy atom. The van der Waals surface area contributed by atoms with Crippen LogP contribution in [0.1, 0.15) is 73.1 Å². The van der Waals surface area contributed by atoms with Gasteiger partial charge in [0.1, 0.15) is 0 Å². The molecule has 0 aromatic carbocycles. The van der Waals surface area contributed by atoms with Crippen LogP contribution in [-0.2, 0) is 0 Å². The van der Waals surface area contributed by atoms with Crippen LogP contribution in [0.2, 0.25) is 0 Å². The summed E-state index contributed by atoms with van der Waals surface area (Å²) in [4.78, 5) is 0. The van der Waals surface area contributed by atoms with E-state index in [-0.39, 0.29) is 5.41 Å². The minimum atomic E-state index is 0.192. The van der Waals surface area contributed by atoms with Crippen LogP contribution < -0.4 is 5.32 Å². The summed E-state index contributed by atoms with van der Waals surface area (Å²) in [6.45, 7) is 16.4. The molecule has 0 amide bonds. The molecule has 0 saturated heterocycles. The van der Waals surface area contributed by atoms with Crippen molar-refractivity contribution in [1.29, 1.82) is 0 Å². The fourth-order valence-corrected chi connectivity index (χ4v) is 1.71. The maximum atomic E-state index is 4.08. The highest BCUT2D eigenvalue weighted by Gasteiger charge is 2.13. The first-order chi connectivity index (χ1) is 7.84. The van der Waals surface area contributed by atoms with Crippen molar-refractivity contribution in [3.05, 3.63) is 12.3 Å². The van der Waals surface area contributed by atoms with Gasteiger partial charge in [0.15, 0.2) is 0 Å². The molecule has 1 heteroatoms. The zero-order valence-electron chi connectivity index (χ0n) is 12.7. The third-order valence-corrected chi connectivity index (χ3v) is 3.20. The molecular weight excluding hydrogens is 206 g/mol. The fourth-order valence-electron chi connectivity index (χ4n) is 1.71. The molecule has 0 rings (SSSR count). The Hall–Kier alpha value is -0.460. The summed E-state index contributed by atoms with van der Waals surface area (Å²) in [5.74, 6) is 0.867. The summed E-state index contributed by atoms with van der Waals surface area (Å²) < 4.78 is 0. The van der Waals surface area contributed by atoms with Gasteiger partial charge in [-0.2, -0.15) is 0 Å². The molecule has 0 aliphatic heterocycles. The molecule has 102 valence electrons. The van der Waals surface area contributed by atoms with Gasteiger partial charge in [0.05, 0.1) is 0 Å². The van der Waals surface area contributed by atoms with E-state index < -0.39 is 0 Å². The van der Waals surface area contributed by atoms with Crippen molar-refractivity contribution in [3.63, 3.8) is 0 Å². The van der Waals surface area contributed by atoms with Crippen molar-refractivity contribution in [2.24, 2.45) is 11.3 Å². The Bertz CT molecular complexity index is 198. The number of nitrogens with one attached hydrogen (secondary N) is 1. The topological polar surface area (TPSA) is 12.0 Å². The SMILES string of the molecule is C=C(NCCCCCCCC(C)C)C(C)(C)C. The van der Waals surface area contributed by atoms with E-state index in [0.29, 0.717) is 0 Å². The highest BCUT2D eigenvalue weighted by atomic mass is 14.9. The molecule has 0 aliphatic carbocycles. The molecule has 0 aromatic heterocycles. The van der Waals surface area contributed by atoms with Crippen LogP contribution in [0.4, 0.5) is 0 Å². The predicted octanol–water partition coefficient (Wildman–Crippen LogP) is 5.13. The third-order valence-electron chi connectivity index (χ3n) is 3.20. The van der Waals surface area contributed by atoms with E-state index in [9.17, 15) is 0 Å². The molecule has 0 saturated carbocycles. The second kappa shape index (κ2) is 8.60. The molecule has 0 radical (unpaired) electrons. The lowest BCUT2D eigenvalue weighted by Gasteiger charge is -2.23. The van der Waals surface area contributed by atoms with E-state index in [1.807, 2.05) is 0 Å². The van der Waals surface area contributed by atoms with E-state index in [0.717, 1.165) is 18.2 Å². The van der Waals surface area contributed by atoms with Gasteiger partial charge >= 0.3 is 0 Å². The number of rotatable bonds is 9. The second-order valence-electron chi connectivity index (χ2n) is 6.61. The lowest BCUT2D eigenvalue weighted by atomic mass is 9.93. The molecule has 1 N–H and O–H groups in total. The molecule has 0 heterocycles. The normalized spacial score (nSPS) is 11.9. The number of hydrogen-bond donors (Lipinski definition) is 1. The van der Waals surface area contributed by atoms with Crippen LogP contribution in [-0.4, -0.2) is 6.54 Å². The summed E-state index contributed by atoms with van der Waals surface area (Å²) in [6.07, 6.45) is 8.20. The number of hydrogen-bond acceptors (Lipinski definition) is 1. The lowest BCUT2D eigenvalue weighted by molar-refractivity contribution is 0.454. The number of unbranched alkanes of at least 4 members (excludes halogenated alkanes) is 4. The van der Waals surface area contributed by atoms with Gasteiger partial charge in [-0.15, -0.1) is 0 Å². The van der Waals surface area contributed by atoms with Crippen LogP contribution in [0.15, 0.2) is 12.3 Å². The lowest BCUT2D eigenvalue weighted by Crippen LogP contribution is -2.24. The molecule has 1 nitrogen and oxygen atoms in total. The quantitative estimate of drug-likeness (QED) is 0.550. The largest absolute Gasteiger partial charge is 0.388 e. The van der Waals surface area contributed by atoms with E-state index in [4.69, 9.17) is 0 Å². The Morgan fingerprint density at radius 2 is 1.53 bits per heavy atom. The van der Waals surface area contributed by atoms with Crippen molar-refractivity contribution in [3.8, 4) is 0 Å². The van der Waals surface area contributed by atoms with Gasteiger partial charge in [-0.05, 0) is 12.3 Å². The summed E-state index contributed by atoms with van der Waals surface area (Å²) in [7, 11) is 0. The van der Waals surface area contributed by atoms with Gasteiger partial charge in [0.25, 0.3) is 0 Å². The van der Waals surface area contributed by atoms with Gasteiger partial charge in [-0.1, -0.05) is 73.3 Å². The minimum Gasteiger partial charge on any atom is -0.388 e. The first-order valence-corrected chi connectivity index (χ1v) is 7.27. The van der Waals surface area contributed by atoms with Crippen molar-refractivity contribution in [2.45, 2.75) is 73.1 Å². The zero-order chi connectivity index (χ0) is 13.3. The molecule has 0 aromatic rings. The Morgan fingerprint density at radius 1 is 1.00 bits per heavy atom. The van der Waals surface area contributed by atoms with Crippen molar-refractivity contribution in [2.75, 3.05) is 6.54 Å². The Labute approximate surface area is 109 Å². The van der Waals surface area contributed by atoms with Crippen LogP contribution in [0.5, 0.6) is 0 Å². The molecule has 0 bridgehead atoms. The second-order valence-corrected chi connectivity index (χ2v) is 6.61. The monoisotopic (exact) mass is 239 g/mol. The summed E-state index contributed by atoms with van der Waals surface area (Å²) >= 11 is 0. The molecule has 17 heavy (non-hydrogen) atoms. The van der Waals surface area contributed by atoms with Gasteiger partial charge in [-0.3, -0.25) is 0 Å². The summed E-state index contributed by atoms with van der Waals surface area (Å²) in [6, 6.07) is 0. The van der Waals surface area contributed by atoms with Crippen LogP contribution in [0.25, 0.3) is 0 Å². The minimum absolute atomic E-state index is 0.192. The first kappa shape index (κ1) is 16.5. The van der Waals surface area contributed by atoms with Gasteiger partial charge < -0.3 is 5.32 Å². The molecule has 0 atom stereocenters. The van der Waals surface area contributed by atoms with E-state index in [1.165, 1.54) is 38.5 Å². The average Bonchev–Trinajstić information content (AvgIpc) is 2.19. The summed E-state index contributed by atoms with van der Waals surface area (Å²) in [5.41, 5.74) is 1.36. The average molecular weight is 239 g/mol. The third kappa shape index (κ3) is 10.4. The highest BCUT2D eigenvalue weighted by molar-refractivity contribution is 5.02. The van der Waals surface area contributed by atoms with Crippen molar-refractivity contribution in [1.82, 2.24) is 5.32 Å². The van der Waals surface area contributed by atoms with E-state index in [1.54, 1.807) is 0 Å². The molecule has 0 aliphatic rings. The van der Waals surface area contributed by atoms with Crippen LogP contribution >= 0.6 is 0 Å². The van der Waals surface area contributed by atoms with Gasteiger partial charge in [-0.25, -0.2) is 0 Å². The molecule has 0 spiro atoms. The van der Waals surface area contributed by atoms with Crippen LogP contribution in [0.3, 0.4) is 0 Å². The maximum Gasteiger partial charge on any atom is 0.0143 e. The Balaban J connectivity index is 3.27. The number of allylic oxidation sites excluding steroid dienone is 1. The smallest absolute Gasteiger partial charge is 0.0143 e. The first-order valence-electron chi connectivity index (χ1n) is 7.27. The Kier molecular flexibility index (Phi) is 8.37. The van der Waals surface area contributed by atoms with Gasteiger partial charge in [0.2, 0.25) is 0 Å². The zero-order valence-corrected chi connectivity index (χ0v) is 12.7. The summed E-state index contributed by atoms with van der Waals surface area (Å²) in [5, 5.41) is 3.44. The van der Waals surface area contributed by atoms with Crippen molar-refractivity contribution < 1.29 is 0 Å².